The second-order valence-electron chi connectivity index (χ2n) is 5.30. The highest BCUT2D eigenvalue weighted by molar-refractivity contribution is 6.33. The number of halogens is 1. The van der Waals surface area contributed by atoms with Gasteiger partial charge in [0.2, 0.25) is 5.91 Å². The quantitative estimate of drug-likeness (QED) is 0.860. The summed E-state index contributed by atoms with van der Waals surface area (Å²) in [6, 6.07) is 7.42. The lowest BCUT2D eigenvalue weighted by Gasteiger charge is -2.36. The number of hydrogen-bond acceptors (Lipinski definition) is 2. The van der Waals surface area contributed by atoms with Crippen LogP contribution in [0, 0.1) is 5.92 Å². The smallest absolute Gasteiger partial charge is 0.242 e. The first-order valence-corrected chi connectivity index (χ1v) is 6.72. The molecule has 98 valence electrons. The van der Waals surface area contributed by atoms with E-state index in [0.717, 1.165) is 12.1 Å². The molecule has 1 aliphatic carbocycles. The first-order valence-electron chi connectivity index (χ1n) is 6.34. The molecule has 1 aromatic carbocycles. The molecule has 2 rings (SSSR count). The molecule has 18 heavy (non-hydrogen) atoms. The number of amides is 1. The predicted octanol–water partition coefficient (Wildman–Crippen LogP) is 3.19. The Labute approximate surface area is 113 Å². The molecule has 0 spiro atoms. The van der Waals surface area contributed by atoms with E-state index in [9.17, 15) is 4.79 Å². The zero-order valence-electron chi connectivity index (χ0n) is 10.6. The van der Waals surface area contributed by atoms with Gasteiger partial charge >= 0.3 is 0 Å². The Balaban J connectivity index is 2.14. The lowest BCUT2D eigenvalue weighted by Crippen LogP contribution is -2.49. The minimum Gasteiger partial charge on any atom is -0.370 e. The molecule has 0 heterocycles. The number of anilines is 1. The summed E-state index contributed by atoms with van der Waals surface area (Å²) in [7, 11) is 0. The molecule has 1 unspecified atom stereocenters. The molecule has 0 aliphatic heterocycles. The average molecular weight is 267 g/mol. The van der Waals surface area contributed by atoms with Crippen LogP contribution in [0.2, 0.25) is 5.02 Å². The number of nitrogens with one attached hydrogen (secondary N) is 1. The molecule has 1 fully saturated rings. The highest BCUT2D eigenvalue weighted by Crippen LogP contribution is 2.36. The Morgan fingerprint density at radius 3 is 2.67 bits per heavy atom. The van der Waals surface area contributed by atoms with E-state index in [2.05, 4.69) is 5.32 Å². The maximum Gasteiger partial charge on any atom is 0.242 e. The van der Waals surface area contributed by atoms with E-state index in [4.69, 9.17) is 17.3 Å². The Hall–Kier alpha value is -1.22. The molecule has 1 atom stereocenters. The highest BCUT2D eigenvalue weighted by Gasteiger charge is 2.36. The van der Waals surface area contributed by atoms with Crippen LogP contribution in [0.15, 0.2) is 24.3 Å². The summed E-state index contributed by atoms with van der Waals surface area (Å²) >= 11 is 6.10. The highest BCUT2D eigenvalue weighted by atomic mass is 35.5. The van der Waals surface area contributed by atoms with Gasteiger partial charge in [-0.3, -0.25) is 4.79 Å². The van der Waals surface area contributed by atoms with Gasteiger partial charge in [-0.2, -0.15) is 0 Å². The van der Waals surface area contributed by atoms with Crippen LogP contribution in [-0.4, -0.2) is 11.4 Å². The molecule has 3 N–H and O–H groups in total. The molecule has 0 radical (unpaired) electrons. The van der Waals surface area contributed by atoms with E-state index in [1.165, 1.54) is 19.3 Å². The molecule has 1 amide bonds. The Morgan fingerprint density at radius 1 is 1.50 bits per heavy atom. The average Bonchev–Trinajstić information content (AvgIpc) is 2.27. The van der Waals surface area contributed by atoms with Crippen LogP contribution >= 0.6 is 11.6 Å². The van der Waals surface area contributed by atoms with E-state index in [0.29, 0.717) is 10.9 Å². The molecule has 0 bridgehead atoms. The first-order chi connectivity index (χ1) is 8.51. The number of hydrogen-bond donors (Lipinski definition) is 2. The van der Waals surface area contributed by atoms with Crippen molar-refractivity contribution in [2.45, 2.75) is 38.1 Å². The van der Waals surface area contributed by atoms with Gasteiger partial charge in [0.05, 0.1) is 10.7 Å². The molecule has 1 saturated carbocycles. The molecular formula is C14H19ClN2O. The van der Waals surface area contributed by atoms with Crippen LogP contribution in [0.1, 0.15) is 32.6 Å². The first kappa shape index (κ1) is 13.2. The lowest BCUT2D eigenvalue weighted by atomic mass is 9.76. The molecule has 4 heteroatoms. The Kier molecular flexibility index (Phi) is 3.81. The topological polar surface area (TPSA) is 55.1 Å². The van der Waals surface area contributed by atoms with Crippen molar-refractivity contribution in [2.75, 3.05) is 5.32 Å². The monoisotopic (exact) mass is 266 g/mol. The number of rotatable bonds is 5. The van der Waals surface area contributed by atoms with Crippen molar-refractivity contribution in [2.24, 2.45) is 11.7 Å². The van der Waals surface area contributed by atoms with Gasteiger partial charge in [-0.1, -0.05) is 43.0 Å². The summed E-state index contributed by atoms with van der Waals surface area (Å²) in [5.74, 6) is 0.270. The number of para-hydroxylation sites is 1. The molecule has 1 aliphatic rings. The van der Waals surface area contributed by atoms with E-state index in [1.807, 2.05) is 25.1 Å². The summed E-state index contributed by atoms with van der Waals surface area (Å²) in [5, 5.41) is 3.83. The Bertz CT molecular complexity index is 445. The van der Waals surface area contributed by atoms with Crippen molar-refractivity contribution in [3.8, 4) is 0 Å². The van der Waals surface area contributed by atoms with Crippen LogP contribution in [-0.2, 0) is 4.79 Å². The summed E-state index contributed by atoms with van der Waals surface area (Å²) < 4.78 is 0. The van der Waals surface area contributed by atoms with Gasteiger partial charge < -0.3 is 11.1 Å². The number of carbonyl (C=O) groups is 1. The third-order valence-corrected chi connectivity index (χ3v) is 4.08. The van der Waals surface area contributed by atoms with Crippen LogP contribution < -0.4 is 11.1 Å². The maximum atomic E-state index is 11.7. The molecule has 3 nitrogen and oxygen atoms in total. The molecular weight excluding hydrogens is 248 g/mol. The molecule has 1 aromatic rings. The second-order valence-corrected chi connectivity index (χ2v) is 5.71. The fraction of sp³-hybridized carbons (Fsp3) is 0.500. The van der Waals surface area contributed by atoms with Gasteiger partial charge in [-0.25, -0.2) is 0 Å². The standard InChI is InChI=1S/C14H19ClN2O/c1-14(13(16)18,9-10-5-4-6-10)17-12-8-3-2-7-11(12)15/h2-3,7-8,10,17H,4-6,9H2,1H3,(H2,16,18). The number of nitrogens with two attached hydrogens (primary N) is 1. The second kappa shape index (κ2) is 5.19. The third kappa shape index (κ3) is 2.78. The minimum atomic E-state index is -0.726. The fourth-order valence-corrected chi connectivity index (χ4v) is 2.53. The van der Waals surface area contributed by atoms with Crippen molar-refractivity contribution >= 4 is 23.2 Å². The number of carbonyl (C=O) groups excluding carboxylic acids is 1. The normalized spacial score (nSPS) is 18.8. The summed E-state index contributed by atoms with van der Waals surface area (Å²) in [6.07, 6.45) is 4.40. The summed E-state index contributed by atoms with van der Waals surface area (Å²) in [4.78, 5) is 11.7. The van der Waals surface area contributed by atoms with Crippen molar-refractivity contribution in [3.05, 3.63) is 29.3 Å². The zero-order chi connectivity index (χ0) is 13.2. The van der Waals surface area contributed by atoms with E-state index in [1.54, 1.807) is 6.07 Å². The van der Waals surface area contributed by atoms with E-state index >= 15 is 0 Å². The predicted molar refractivity (Wildman–Crippen MR) is 74.6 cm³/mol. The number of primary amides is 1. The van der Waals surface area contributed by atoms with Gasteiger partial charge in [0.1, 0.15) is 5.54 Å². The minimum absolute atomic E-state index is 0.325. The van der Waals surface area contributed by atoms with Crippen molar-refractivity contribution < 1.29 is 4.79 Å². The van der Waals surface area contributed by atoms with Crippen LogP contribution in [0.3, 0.4) is 0 Å². The number of benzene rings is 1. The van der Waals surface area contributed by atoms with Gasteiger partial charge in [0, 0.05) is 0 Å². The van der Waals surface area contributed by atoms with Crippen LogP contribution in [0.4, 0.5) is 5.69 Å². The summed E-state index contributed by atoms with van der Waals surface area (Å²) in [5.41, 5.74) is 5.59. The van der Waals surface area contributed by atoms with Crippen molar-refractivity contribution in [3.63, 3.8) is 0 Å². The van der Waals surface area contributed by atoms with E-state index in [-0.39, 0.29) is 5.91 Å². The van der Waals surface area contributed by atoms with Crippen molar-refractivity contribution in [1.82, 2.24) is 0 Å². The van der Waals surface area contributed by atoms with Crippen LogP contribution in [0.25, 0.3) is 0 Å². The zero-order valence-corrected chi connectivity index (χ0v) is 11.3. The van der Waals surface area contributed by atoms with Gasteiger partial charge in [-0.15, -0.1) is 0 Å². The Morgan fingerprint density at radius 2 is 2.17 bits per heavy atom. The van der Waals surface area contributed by atoms with Crippen LogP contribution in [0.5, 0.6) is 0 Å². The van der Waals surface area contributed by atoms with Gasteiger partial charge in [0.15, 0.2) is 0 Å². The van der Waals surface area contributed by atoms with Crippen molar-refractivity contribution in [1.29, 1.82) is 0 Å². The van der Waals surface area contributed by atoms with Gasteiger partial charge in [-0.05, 0) is 31.4 Å². The lowest BCUT2D eigenvalue weighted by molar-refractivity contribution is -0.122. The summed E-state index contributed by atoms with van der Waals surface area (Å²) in [6.45, 7) is 1.86. The maximum absolute atomic E-state index is 11.7. The fourth-order valence-electron chi connectivity index (χ4n) is 2.35. The molecule has 0 aromatic heterocycles. The largest absolute Gasteiger partial charge is 0.370 e. The third-order valence-electron chi connectivity index (χ3n) is 3.75. The molecule has 0 saturated heterocycles. The van der Waals surface area contributed by atoms with Gasteiger partial charge in [0.25, 0.3) is 0 Å². The van der Waals surface area contributed by atoms with E-state index < -0.39 is 5.54 Å². The SMILES string of the molecule is CC(CC1CCC1)(Nc1ccccc1Cl)C(N)=O.